The molecular weight excluding hydrogens is 683 g/mol. The van der Waals surface area contributed by atoms with E-state index in [0.717, 1.165) is 18.4 Å². The van der Waals surface area contributed by atoms with Crippen LogP contribution in [0.2, 0.25) is 0 Å². The fourth-order valence-electron chi connectivity index (χ4n) is 7.40. The van der Waals surface area contributed by atoms with Crippen LogP contribution in [0.1, 0.15) is 79.7 Å². The van der Waals surface area contributed by atoms with E-state index in [-0.39, 0.29) is 60.3 Å². The third-order valence-corrected chi connectivity index (χ3v) is 11.1. The zero-order chi connectivity index (χ0) is 39.3. The van der Waals surface area contributed by atoms with Gasteiger partial charge in [-0.15, -0.1) is 0 Å². The zero-order valence-corrected chi connectivity index (χ0v) is 34.0. The number of hydrogen-bond donors (Lipinski definition) is 4. The van der Waals surface area contributed by atoms with Gasteiger partial charge in [0.25, 0.3) is 0 Å². The van der Waals surface area contributed by atoms with E-state index in [1.807, 2.05) is 83.7 Å². The van der Waals surface area contributed by atoms with Crippen molar-refractivity contribution in [1.82, 2.24) is 25.8 Å². The molecule has 12 nitrogen and oxygen atoms in total. The maximum Gasteiger partial charge on any atom is 0.326 e. The van der Waals surface area contributed by atoms with Gasteiger partial charge in [0.15, 0.2) is 0 Å². The molecule has 0 aliphatic carbocycles. The van der Waals surface area contributed by atoms with Gasteiger partial charge in [-0.25, -0.2) is 4.79 Å². The first-order chi connectivity index (χ1) is 24.5. The molecule has 1 saturated heterocycles. The number of likely N-dealkylation sites (N-methyl/N-ethyl adjacent to an activating group) is 2. The summed E-state index contributed by atoms with van der Waals surface area (Å²) in [7, 11) is 6.61. The third-order valence-electron chi connectivity index (χ3n) is 10.6. The molecule has 2 rings (SSSR count). The number of thiocarbonyl (C=S) groups is 1. The van der Waals surface area contributed by atoms with Crippen LogP contribution in [0.15, 0.2) is 30.3 Å². The van der Waals surface area contributed by atoms with Crippen molar-refractivity contribution in [2.45, 2.75) is 123 Å². The lowest BCUT2D eigenvalue weighted by molar-refractivity contribution is -0.147. The Morgan fingerprint density at radius 3 is 2.10 bits per heavy atom. The molecule has 1 aromatic carbocycles. The van der Waals surface area contributed by atoms with Crippen molar-refractivity contribution in [2.75, 3.05) is 34.9 Å². The van der Waals surface area contributed by atoms with Gasteiger partial charge >= 0.3 is 5.97 Å². The summed E-state index contributed by atoms with van der Waals surface area (Å²) in [6, 6.07) is 6.53. The van der Waals surface area contributed by atoms with E-state index in [1.54, 1.807) is 33.2 Å². The van der Waals surface area contributed by atoms with Crippen molar-refractivity contribution in [1.29, 1.82) is 0 Å². The summed E-state index contributed by atoms with van der Waals surface area (Å²) in [4.78, 5) is 57.5. The van der Waals surface area contributed by atoms with Crippen LogP contribution in [0.25, 0.3) is 0 Å². The summed E-state index contributed by atoms with van der Waals surface area (Å²) in [6.07, 6.45) is 1.44. The SMILES string of the molecule is CCC(C)C(C(CC(=O)N1CCCC1C(OC)C(C)C(=S)NC(Cc1ccccc1)C(=O)O)OC)N(C)C(=O)C(NC(=O)C(NC)C(C)C)C(C)C. The average Bonchev–Trinajstić information content (AvgIpc) is 3.59. The molecule has 4 N–H and O–H groups in total. The van der Waals surface area contributed by atoms with Crippen LogP contribution >= 0.6 is 12.2 Å². The second kappa shape index (κ2) is 21.5. The van der Waals surface area contributed by atoms with Crippen molar-refractivity contribution in [2.24, 2.45) is 23.7 Å². The molecule has 0 saturated carbocycles. The predicted molar refractivity (Wildman–Crippen MR) is 208 cm³/mol. The normalized spacial score (nSPS) is 19.2. The molecule has 1 aliphatic heterocycles. The minimum absolute atomic E-state index is 0.0152. The number of carboxylic acid groups (broad SMARTS) is 1. The molecule has 13 heteroatoms. The monoisotopic (exact) mass is 747 g/mol. The van der Waals surface area contributed by atoms with Crippen LogP contribution in [-0.4, -0.2) is 121 Å². The van der Waals surface area contributed by atoms with Crippen LogP contribution in [0, 0.1) is 23.7 Å². The summed E-state index contributed by atoms with van der Waals surface area (Å²) in [6.45, 7) is 14.2. The number of nitrogens with one attached hydrogen (secondary N) is 3. The third kappa shape index (κ3) is 11.9. The van der Waals surface area contributed by atoms with Gasteiger partial charge in [-0.05, 0) is 43.2 Å². The molecule has 294 valence electrons. The summed E-state index contributed by atoms with van der Waals surface area (Å²) >= 11 is 5.74. The average molecular weight is 748 g/mol. The Labute approximate surface area is 317 Å². The van der Waals surface area contributed by atoms with E-state index in [0.29, 0.717) is 18.0 Å². The van der Waals surface area contributed by atoms with E-state index < -0.39 is 42.3 Å². The minimum atomic E-state index is -1.00. The molecule has 1 aromatic rings. The Balaban J connectivity index is 2.26. The molecule has 9 unspecified atom stereocenters. The first kappa shape index (κ1) is 45.0. The highest BCUT2D eigenvalue weighted by atomic mass is 32.1. The van der Waals surface area contributed by atoms with Crippen LogP contribution in [0.4, 0.5) is 0 Å². The van der Waals surface area contributed by atoms with Gasteiger partial charge in [-0.3, -0.25) is 14.4 Å². The van der Waals surface area contributed by atoms with E-state index in [1.165, 1.54) is 0 Å². The van der Waals surface area contributed by atoms with Crippen molar-refractivity contribution >= 4 is 40.9 Å². The highest BCUT2D eigenvalue weighted by molar-refractivity contribution is 7.80. The number of rotatable bonds is 21. The summed E-state index contributed by atoms with van der Waals surface area (Å²) in [5.41, 5.74) is 0.877. The number of benzene rings is 1. The summed E-state index contributed by atoms with van der Waals surface area (Å²) in [5, 5.41) is 19.0. The second-order valence-electron chi connectivity index (χ2n) is 14.9. The van der Waals surface area contributed by atoms with Crippen LogP contribution < -0.4 is 16.0 Å². The quantitative estimate of drug-likeness (QED) is 0.137. The molecule has 3 amide bonds. The molecule has 1 fully saturated rings. The van der Waals surface area contributed by atoms with E-state index in [9.17, 15) is 24.3 Å². The molecule has 9 atom stereocenters. The number of carboxylic acids is 1. The van der Waals surface area contributed by atoms with Crippen molar-refractivity contribution < 1.29 is 33.8 Å². The molecule has 0 aromatic heterocycles. The van der Waals surface area contributed by atoms with Gasteiger partial charge in [0.05, 0.1) is 41.7 Å². The Bertz CT molecular complexity index is 1310. The van der Waals surface area contributed by atoms with Crippen molar-refractivity contribution in [3.05, 3.63) is 35.9 Å². The number of nitrogens with zero attached hydrogens (tertiary/aromatic N) is 2. The minimum Gasteiger partial charge on any atom is -0.480 e. The number of likely N-dealkylation sites (tertiary alicyclic amines) is 1. The zero-order valence-electron chi connectivity index (χ0n) is 33.2. The molecule has 0 spiro atoms. The molecule has 1 heterocycles. The highest BCUT2D eigenvalue weighted by Crippen LogP contribution is 2.30. The molecule has 0 bridgehead atoms. The number of methoxy groups -OCH3 is 2. The number of carbonyl (C=O) groups excluding carboxylic acids is 3. The van der Waals surface area contributed by atoms with Crippen molar-refractivity contribution in [3.8, 4) is 0 Å². The molecule has 52 heavy (non-hydrogen) atoms. The van der Waals surface area contributed by atoms with Gasteiger partial charge in [0.1, 0.15) is 12.1 Å². The standard InChI is InChI=1S/C39H65N5O7S/c1-12-25(6)34(43(9)38(47)33(24(4)5)42-36(46)32(40-8)23(2)3)30(50-10)22-31(45)44-20-16-19-29(44)35(51-11)26(7)37(52)41-28(39(48)49)21-27-17-14-13-15-18-27/h13-15,17-18,23-26,28-30,32-35,40H,12,16,19-22H2,1-11H3,(H,41,52)(H,42,46)(H,48,49). The molecular formula is C39H65N5O7S. The van der Waals surface area contributed by atoms with Gasteiger partial charge in [0, 0.05) is 40.2 Å². The largest absolute Gasteiger partial charge is 0.480 e. The van der Waals surface area contributed by atoms with Gasteiger partial charge < -0.3 is 40.3 Å². The maximum absolute atomic E-state index is 14.2. The lowest BCUT2D eigenvalue weighted by atomic mass is 9.89. The lowest BCUT2D eigenvalue weighted by Crippen LogP contribution is -2.59. The Hall–Kier alpha value is -3.13. The fourth-order valence-corrected chi connectivity index (χ4v) is 7.68. The number of hydrogen-bond acceptors (Lipinski definition) is 8. The Kier molecular flexibility index (Phi) is 18.7. The Morgan fingerprint density at radius 2 is 1.60 bits per heavy atom. The molecule has 0 radical (unpaired) electrons. The van der Waals surface area contributed by atoms with Crippen LogP contribution in [0.5, 0.6) is 0 Å². The van der Waals surface area contributed by atoms with E-state index in [2.05, 4.69) is 16.0 Å². The fraction of sp³-hybridized carbons (Fsp3) is 0.718. The number of amides is 3. The number of ether oxygens (including phenoxy) is 2. The first-order valence-electron chi connectivity index (χ1n) is 18.7. The second-order valence-corrected chi connectivity index (χ2v) is 15.4. The predicted octanol–water partition coefficient (Wildman–Crippen LogP) is 3.90. The topological polar surface area (TPSA) is 150 Å². The van der Waals surface area contributed by atoms with Crippen LogP contribution in [-0.2, 0) is 35.1 Å². The number of aliphatic carboxylic acids is 1. The summed E-state index contributed by atoms with van der Waals surface area (Å²) in [5.74, 6) is -2.13. The number of carbonyl (C=O) groups is 4. The molecule has 1 aliphatic rings. The van der Waals surface area contributed by atoms with Crippen LogP contribution in [0.3, 0.4) is 0 Å². The van der Waals surface area contributed by atoms with Gasteiger partial charge in [-0.1, -0.05) is 97.4 Å². The van der Waals surface area contributed by atoms with E-state index >= 15 is 0 Å². The van der Waals surface area contributed by atoms with Crippen molar-refractivity contribution in [3.63, 3.8) is 0 Å². The highest BCUT2D eigenvalue weighted by Gasteiger charge is 2.42. The van der Waals surface area contributed by atoms with Gasteiger partial charge in [-0.2, -0.15) is 0 Å². The summed E-state index contributed by atoms with van der Waals surface area (Å²) < 4.78 is 12.0. The maximum atomic E-state index is 14.2. The Morgan fingerprint density at radius 1 is 0.981 bits per heavy atom. The smallest absolute Gasteiger partial charge is 0.326 e. The van der Waals surface area contributed by atoms with E-state index in [4.69, 9.17) is 21.7 Å². The van der Waals surface area contributed by atoms with Gasteiger partial charge in [0.2, 0.25) is 17.7 Å². The lowest BCUT2D eigenvalue weighted by Gasteiger charge is -2.41. The first-order valence-corrected chi connectivity index (χ1v) is 19.1.